The lowest BCUT2D eigenvalue weighted by molar-refractivity contribution is 0.432. The average Bonchev–Trinajstić information content (AvgIpc) is 2.78. The van der Waals surface area contributed by atoms with Gasteiger partial charge in [-0.1, -0.05) is 6.07 Å². The first kappa shape index (κ1) is 8.38. The number of phenolic OH excluding ortho intramolecular Hbond substituents is 2. The highest BCUT2D eigenvalue weighted by Crippen LogP contribution is 2.40. The molecule has 4 N–H and O–H groups in total. The summed E-state index contributed by atoms with van der Waals surface area (Å²) in [4.78, 5) is 0. The summed E-state index contributed by atoms with van der Waals surface area (Å²) in [6.07, 6.45) is 2.51. The fraction of sp³-hybridized carbons (Fsp3) is 0.400. The number of nitrogens with two attached hydrogens (primary N) is 1. The van der Waals surface area contributed by atoms with Crippen LogP contribution in [-0.2, 0) is 6.42 Å². The second-order valence-corrected chi connectivity index (χ2v) is 3.81. The van der Waals surface area contributed by atoms with Crippen molar-refractivity contribution >= 4 is 0 Å². The van der Waals surface area contributed by atoms with Crippen LogP contribution in [-0.4, -0.2) is 15.8 Å². The van der Waals surface area contributed by atoms with E-state index in [4.69, 9.17) is 5.73 Å². The van der Waals surface area contributed by atoms with E-state index in [0.29, 0.717) is 12.0 Å². The van der Waals surface area contributed by atoms with Crippen LogP contribution in [0, 0.1) is 0 Å². The first-order valence-electron chi connectivity index (χ1n) is 4.39. The Bertz CT molecular complexity index is 311. The van der Waals surface area contributed by atoms with Gasteiger partial charge in [0, 0.05) is 11.1 Å². The van der Waals surface area contributed by atoms with Crippen molar-refractivity contribution in [3.05, 3.63) is 23.8 Å². The molecule has 0 aliphatic heterocycles. The van der Waals surface area contributed by atoms with Crippen LogP contribution in [0.3, 0.4) is 0 Å². The Balaban J connectivity index is 2.28. The maximum absolute atomic E-state index is 9.47. The molecule has 0 radical (unpaired) electrons. The summed E-state index contributed by atoms with van der Waals surface area (Å²) in [5.74, 6) is 0.272. The SMILES string of the molecule is NC1(Cc2c(O)cccc2O)CC1. The van der Waals surface area contributed by atoms with Gasteiger partial charge < -0.3 is 15.9 Å². The van der Waals surface area contributed by atoms with Gasteiger partial charge in [-0.15, -0.1) is 0 Å². The van der Waals surface area contributed by atoms with Gasteiger partial charge in [-0.05, 0) is 31.4 Å². The first-order chi connectivity index (χ1) is 6.11. The summed E-state index contributed by atoms with van der Waals surface area (Å²) in [6, 6.07) is 4.76. The zero-order valence-corrected chi connectivity index (χ0v) is 7.33. The summed E-state index contributed by atoms with van der Waals surface area (Å²) >= 11 is 0. The standard InChI is InChI=1S/C10H13NO2/c11-10(4-5-10)6-7-8(12)2-1-3-9(7)13/h1-3,12-13H,4-6,11H2. The Morgan fingerprint density at radius 3 is 2.23 bits per heavy atom. The van der Waals surface area contributed by atoms with Crippen molar-refractivity contribution in [3.63, 3.8) is 0 Å². The second kappa shape index (κ2) is 2.64. The largest absolute Gasteiger partial charge is 0.508 e. The van der Waals surface area contributed by atoms with Gasteiger partial charge in [-0.25, -0.2) is 0 Å². The normalized spacial score (nSPS) is 18.5. The Morgan fingerprint density at radius 2 is 1.77 bits per heavy atom. The molecule has 13 heavy (non-hydrogen) atoms. The molecule has 3 nitrogen and oxygen atoms in total. The maximum Gasteiger partial charge on any atom is 0.122 e. The number of rotatable bonds is 2. The number of hydrogen-bond acceptors (Lipinski definition) is 3. The minimum absolute atomic E-state index is 0.136. The molecule has 1 aromatic rings. The predicted molar refractivity (Wildman–Crippen MR) is 49.6 cm³/mol. The molecule has 2 rings (SSSR count). The van der Waals surface area contributed by atoms with Crippen LogP contribution in [0.15, 0.2) is 18.2 Å². The summed E-state index contributed by atoms with van der Waals surface area (Å²) in [7, 11) is 0. The van der Waals surface area contributed by atoms with Crippen LogP contribution in [0.5, 0.6) is 11.5 Å². The molecule has 1 fully saturated rings. The Kier molecular flexibility index (Phi) is 1.70. The third-order valence-electron chi connectivity index (χ3n) is 2.55. The van der Waals surface area contributed by atoms with Gasteiger partial charge in [0.1, 0.15) is 11.5 Å². The third kappa shape index (κ3) is 1.60. The Morgan fingerprint density at radius 1 is 1.23 bits per heavy atom. The molecule has 1 aliphatic carbocycles. The van der Waals surface area contributed by atoms with Crippen molar-refractivity contribution in [2.75, 3.05) is 0 Å². The van der Waals surface area contributed by atoms with E-state index >= 15 is 0 Å². The summed E-state index contributed by atoms with van der Waals surface area (Å²) < 4.78 is 0. The van der Waals surface area contributed by atoms with Gasteiger partial charge in [0.05, 0.1) is 0 Å². The zero-order chi connectivity index (χ0) is 9.47. The molecule has 0 bridgehead atoms. The van der Waals surface area contributed by atoms with Crippen molar-refractivity contribution in [1.82, 2.24) is 0 Å². The topological polar surface area (TPSA) is 66.5 Å². The molecular weight excluding hydrogens is 166 g/mol. The van der Waals surface area contributed by atoms with Crippen molar-refractivity contribution in [2.45, 2.75) is 24.8 Å². The molecule has 1 aliphatic rings. The minimum atomic E-state index is -0.184. The summed E-state index contributed by atoms with van der Waals surface area (Å²) in [6.45, 7) is 0. The van der Waals surface area contributed by atoms with E-state index in [1.54, 1.807) is 18.2 Å². The molecule has 3 heteroatoms. The first-order valence-corrected chi connectivity index (χ1v) is 4.39. The van der Waals surface area contributed by atoms with Crippen molar-refractivity contribution in [1.29, 1.82) is 0 Å². The van der Waals surface area contributed by atoms with Gasteiger partial charge in [-0.3, -0.25) is 0 Å². The minimum Gasteiger partial charge on any atom is -0.508 e. The van der Waals surface area contributed by atoms with Gasteiger partial charge in [-0.2, -0.15) is 0 Å². The van der Waals surface area contributed by atoms with Crippen LogP contribution in [0.2, 0.25) is 0 Å². The van der Waals surface area contributed by atoms with E-state index < -0.39 is 0 Å². The maximum atomic E-state index is 9.47. The number of aromatic hydroxyl groups is 2. The molecular formula is C10H13NO2. The molecule has 1 aromatic carbocycles. The van der Waals surface area contributed by atoms with E-state index in [9.17, 15) is 10.2 Å². The molecule has 0 spiro atoms. The van der Waals surface area contributed by atoms with Crippen LogP contribution in [0.25, 0.3) is 0 Å². The average molecular weight is 179 g/mol. The smallest absolute Gasteiger partial charge is 0.122 e. The van der Waals surface area contributed by atoms with Crippen LogP contribution < -0.4 is 5.73 Å². The second-order valence-electron chi connectivity index (χ2n) is 3.81. The van der Waals surface area contributed by atoms with Crippen molar-refractivity contribution < 1.29 is 10.2 Å². The lowest BCUT2D eigenvalue weighted by Crippen LogP contribution is -2.24. The molecule has 1 saturated carbocycles. The lowest BCUT2D eigenvalue weighted by atomic mass is 10.0. The molecule has 70 valence electrons. The fourth-order valence-electron chi connectivity index (χ4n) is 1.43. The van der Waals surface area contributed by atoms with E-state index in [1.807, 2.05) is 0 Å². The van der Waals surface area contributed by atoms with Crippen molar-refractivity contribution in [3.8, 4) is 11.5 Å². The van der Waals surface area contributed by atoms with E-state index in [1.165, 1.54) is 0 Å². The summed E-state index contributed by atoms with van der Waals surface area (Å²) in [5, 5.41) is 18.9. The van der Waals surface area contributed by atoms with Gasteiger partial charge in [0.2, 0.25) is 0 Å². The van der Waals surface area contributed by atoms with Gasteiger partial charge >= 0.3 is 0 Å². The van der Waals surface area contributed by atoms with E-state index in [-0.39, 0.29) is 17.0 Å². The Hall–Kier alpha value is -1.22. The molecule has 0 amide bonds. The highest BCUT2D eigenvalue weighted by Gasteiger charge is 2.39. The zero-order valence-electron chi connectivity index (χ0n) is 7.33. The third-order valence-corrected chi connectivity index (χ3v) is 2.55. The quantitative estimate of drug-likeness (QED) is 0.637. The number of phenols is 2. The van der Waals surface area contributed by atoms with E-state index in [0.717, 1.165) is 12.8 Å². The van der Waals surface area contributed by atoms with Gasteiger partial charge in [0.15, 0.2) is 0 Å². The Labute approximate surface area is 76.8 Å². The summed E-state index contributed by atoms with van der Waals surface area (Å²) in [5.41, 5.74) is 6.28. The van der Waals surface area contributed by atoms with Crippen molar-refractivity contribution in [2.24, 2.45) is 5.73 Å². The number of hydrogen-bond donors (Lipinski definition) is 3. The van der Waals surface area contributed by atoms with Crippen LogP contribution in [0.1, 0.15) is 18.4 Å². The van der Waals surface area contributed by atoms with Crippen LogP contribution >= 0.6 is 0 Å². The number of benzene rings is 1. The lowest BCUT2D eigenvalue weighted by Gasteiger charge is -2.11. The molecule has 0 saturated heterocycles. The molecule has 0 aromatic heterocycles. The van der Waals surface area contributed by atoms with Gasteiger partial charge in [0.25, 0.3) is 0 Å². The predicted octanol–water partition coefficient (Wildman–Crippen LogP) is 1.13. The highest BCUT2D eigenvalue weighted by molar-refractivity contribution is 5.44. The monoisotopic (exact) mass is 179 g/mol. The van der Waals surface area contributed by atoms with E-state index in [2.05, 4.69) is 0 Å². The molecule has 0 unspecified atom stereocenters. The van der Waals surface area contributed by atoms with Crippen LogP contribution in [0.4, 0.5) is 0 Å². The molecule has 0 heterocycles. The molecule has 0 atom stereocenters. The highest BCUT2D eigenvalue weighted by atomic mass is 16.3. The fourth-order valence-corrected chi connectivity index (χ4v) is 1.43.